The van der Waals surface area contributed by atoms with Crippen LogP contribution in [0.1, 0.15) is 11.3 Å². The lowest BCUT2D eigenvalue weighted by atomic mass is 10.1. The van der Waals surface area contributed by atoms with Gasteiger partial charge in [-0.05, 0) is 30.3 Å². The molecule has 0 saturated carbocycles. The molecule has 0 radical (unpaired) electrons. The van der Waals surface area contributed by atoms with Crippen LogP contribution in [0.25, 0.3) is 11.3 Å². The summed E-state index contributed by atoms with van der Waals surface area (Å²) in [6.45, 7) is 0. The van der Waals surface area contributed by atoms with Crippen LogP contribution in [-0.2, 0) is 6.18 Å². The van der Waals surface area contributed by atoms with Crippen LogP contribution in [-0.4, -0.2) is 16.1 Å². The predicted molar refractivity (Wildman–Crippen MR) is 96.3 cm³/mol. The fourth-order valence-electron chi connectivity index (χ4n) is 2.16. The van der Waals surface area contributed by atoms with Gasteiger partial charge in [0.15, 0.2) is 5.82 Å². The largest absolute Gasteiger partial charge is 0.455 e. The van der Waals surface area contributed by atoms with Gasteiger partial charge in [0.1, 0.15) is 11.5 Å². The standard InChI is InChI=1S/C17H10ClF3N4O3/c18-14-7-11(17(19,20)21)8-22-16(14)24-23-9-13-5-6-15(28-13)10-1-3-12(4-2-10)25(26)27/h1-9H,(H,22,24)/b23-9+. The lowest BCUT2D eigenvalue weighted by Crippen LogP contribution is -2.06. The van der Waals surface area contributed by atoms with E-state index in [0.717, 1.165) is 6.07 Å². The summed E-state index contributed by atoms with van der Waals surface area (Å²) in [5.41, 5.74) is 2.06. The maximum absolute atomic E-state index is 12.6. The Labute approximate surface area is 160 Å². The molecule has 0 saturated heterocycles. The number of nitro groups is 1. The van der Waals surface area contributed by atoms with Gasteiger partial charge in [0.25, 0.3) is 5.69 Å². The van der Waals surface area contributed by atoms with Crippen molar-refractivity contribution in [2.24, 2.45) is 5.10 Å². The third kappa shape index (κ3) is 4.46. The van der Waals surface area contributed by atoms with E-state index in [2.05, 4.69) is 15.5 Å². The Morgan fingerprint density at radius 1 is 1.21 bits per heavy atom. The molecule has 11 heteroatoms. The normalized spacial score (nSPS) is 11.7. The number of benzene rings is 1. The number of pyridine rings is 1. The Morgan fingerprint density at radius 2 is 1.93 bits per heavy atom. The van der Waals surface area contributed by atoms with E-state index in [1.54, 1.807) is 24.3 Å². The monoisotopic (exact) mass is 410 g/mol. The molecule has 7 nitrogen and oxygen atoms in total. The number of nitrogens with one attached hydrogen (secondary N) is 1. The number of hydrogen-bond donors (Lipinski definition) is 1. The summed E-state index contributed by atoms with van der Waals surface area (Å²) in [6, 6.07) is 9.78. The maximum atomic E-state index is 12.6. The minimum Gasteiger partial charge on any atom is -0.455 e. The maximum Gasteiger partial charge on any atom is 0.417 e. The van der Waals surface area contributed by atoms with E-state index < -0.39 is 16.7 Å². The van der Waals surface area contributed by atoms with Crippen LogP contribution in [0.4, 0.5) is 24.7 Å². The molecule has 0 unspecified atom stereocenters. The molecular weight excluding hydrogens is 401 g/mol. The molecule has 28 heavy (non-hydrogen) atoms. The van der Waals surface area contributed by atoms with Crippen molar-refractivity contribution < 1.29 is 22.5 Å². The SMILES string of the molecule is O=[N+]([O-])c1ccc(-c2ccc(/C=N/Nc3ncc(C(F)(F)F)cc3Cl)o2)cc1. The van der Waals surface area contributed by atoms with E-state index in [4.69, 9.17) is 16.0 Å². The molecule has 0 aliphatic heterocycles. The van der Waals surface area contributed by atoms with E-state index in [1.165, 1.54) is 18.3 Å². The Balaban J connectivity index is 1.68. The molecule has 0 atom stereocenters. The number of hydrazone groups is 1. The van der Waals surface area contributed by atoms with Crippen LogP contribution >= 0.6 is 11.6 Å². The summed E-state index contributed by atoms with van der Waals surface area (Å²) >= 11 is 5.77. The number of aromatic nitrogens is 1. The third-order valence-electron chi connectivity index (χ3n) is 3.52. The van der Waals surface area contributed by atoms with Crippen LogP contribution < -0.4 is 5.43 Å². The Morgan fingerprint density at radius 3 is 2.54 bits per heavy atom. The molecule has 2 heterocycles. The van der Waals surface area contributed by atoms with Crippen molar-refractivity contribution in [1.82, 2.24) is 4.98 Å². The van der Waals surface area contributed by atoms with Crippen molar-refractivity contribution in [3.05, 3.63) is 75.1 Å². The first-order valence-corrected chi connectivity index (χ1v) is 7.98. The second-order valence-electron chi connectivity index (χ2n) is 5.43. The van der Waals surface area contributed by atoms with E-state index in [-0.39, 0.29) is 16.5 Å². The minimum atomic E-state index is -4.54. The Hall–Kier alpha value is -3.40. The molecule has 144 valence electrons. The van der Waals surface area contributed by atoms with Crippen molar-refractivity contribution >= 4 is 29.3 Å². The highest BCUT2D eigenvalue weighted by Crippen LogP contribution is 2.32. The van der Waals surface area contributed by atoms with Crippen LogP contribution in [0.5, 0.6) is 0 Å². The fraction of sp³-hybridized carbons (Fsp3) is 0.0588. The Kier molecular flexibility index (Phi) is 5.32. The molecule has 0 aliphatic rings. The van der Waals surface area contributed by atoms with Crippen LogP contribution in [0.2, 0.25) is 5.02 Å². The van der Waals surface area contributed by atoms with E-state index >= 15 is 0 Å². The average molecular weight is 411 g/mol. The number of rotatable bonds is 5. The first kappa shape index (κ1) is 19.4. The summed E-state index contributed by atoms with van der Waals surface area (Å²) < 4.78 is 43.3. The molecule has 0 amide bonds. The molecular formula is C17H10ClF3N4O3. The van der Waals surface area contributed by atoms with Crippen LogP contribution in [0.15, 0.2) is 58.2 Å². The summed E-state index contributed by atoms with van der Waals surface area (Å²) in [7, 11) is 0. The van der Waals surface area contributed by atoms with E-state index in [0.29, 0.717) is 23.3 Å². The zero-order valence-electron chi connectivity index (χ0n) is 13.8. The topological polar surface area (TPSA) is 93.6 Å². The van der Waals surface area contributed by atoms with Gasteiger partial charge >= 0.3 is 6.18 Å². The molecule has 1 N–H and O–H groups in total. The quantitative estimate of drug-likeness (QED) is 0.347. The van der Waals surface area contributed by atoms with Crippen LogP contribution in [0.3, 0.4) is 0 Å². The second kappa shape index (κ2) is 7.69. The molecule has 0 bridgehead atoms. The van der Waals surface area contributed by atoms with Crippen molar-refractivity contribution in [2.45, 2.75) is 6.18 Å². The minimum absolute atomic E-state index is 0.0396. The van der Waals surface area contributed by atoms with E-state index in [1.807, 2.05) is 0 Å². The summed E-state index contributed by atoms with van der Waals surface area (Å²) in [6.07, 6.45) is -2.62. The highest BCUT2D eigenvalue weighted by molar-refractivity contribution is 6.32. The molecule has 0 fully saturated rings. The van der Waals surface area contributed by atoms with Gasteiger partial charge in [-0.2, -0.15) is 18.3 Å². The van der Waals surface area contributed by atoms with Gasteiger partial charge < -0.3 is 4.42 Å². The highest BCUT2D eigenvalue weighted by Gasteiger charge is 2.31. The number of furan rings is 1. The average Bonchev–Trinajstić information content (AvgIpc) is 3.11. The summed E-state index contributed by atoms with van der Waals surface area (Å²) in [5.74, 6) is 0.749. The fourth-order valence-corrected chi connectivity index (χ4v) is 2.37. The van der Waals surface area contributed by atoms with Gasteiger partial charge in [0.2, 0.25) is 0 Å². The molecule has 0 spiro atoms. The molecule has 3 aromatic rings. The molecule has 0 aliphatic carbocycles. The van der Waals surface area contributed by atoms with Crippen molar-refractivity contribution in [1.29, 1.82) is 0 Å². The molecule has 3 rings (SSSR count). The number of nitro benzene ring substituents is 1. The zero-order chi connectivity index (χ0) is 20.3. The van der Waals surface area contributed by atoms with Gasteiger partial charge in [0.05, 0.1) is 21.7 Å². The van der Waals surface area contributed by atoms with Gasteiger partial charge in [-0.25, -0.2) is 4.98 Å². The zero-order valence-corrected chi connectivity index (χ0v) is 14.5. The lowest BCUT2D eigenvalue weighted by molar-refractivity contribution is -0.384. The number of anilines is 1. The smallest absolute Gasteiger partial charge is 0.417 e. The van der Waals surface area contributed by atoms with Gasteiger partial charge in [-0.15, -0.1) is 0 Å². The van der Waals surface area contributed by atoms with Crippen molar-refractivity contribution in [3.63, 3.8) is 0 Å². The number of alkyl halides is 3. The van der Waals surface area contributed by atoms with Gasteiger partial charge in [-0.1, -0.05) is 11.6 Å². The highest BCUT2D eigenvalue weighted by atomic mass is 35.5. The number of halogens is 4. The molecule has 2 aromatic heterocycles. The number of non-ortho nitro benzene ring substituents is 1. The third-order valence-corrected chi connectivity index (χ3v) is 3.81. The van der Waals surface area contributed by atoms with Crippen molar-refractivity contribution in [3.8, 4) is 11.3 Å². The summed E-state index contributed by atoms with van der Waals surface area (Å²) in [4.78, 5) is 13.8. The lowest BCUT2D eigenvalue weighted by Gasteiger charge is -2.08. The van der Waals surface area contributed by atoms with Gasteiger partial charge in [0, 0.05) is 23.9 Å². The molecule has 1 aromatic carbocycles. The number of hydrogen-bond acceptors (Lipinski definition) is 6. The Bertz CT molecular complexity index is 1030. The first-order valence-electron chi connectivity index (χ1n) is 7.60. The van der Waals surface area contributed by atoms with Gasteiger partial charge in [-0.3, -0.25) is 15.5 Å². The van der Waals surface area contributed by atoms with Crippen molar-refractivity contribution in [2.75, 3.05) is 5.43 Å². The summed E-state index contributed by atoms with van der Waals surface area (Å²) in [5, 5.41) is 14.3. The number of nitrogens with zero attached hydrogens (tertiary/aromatic N) is 3. The first-order chi connectivity index (χ1) is 13.2. The van der Waals surface area contributed by atoms with E-state index in [9.17, 15) is 23.3 Å². The van der Waals surface area contributed by atoms with Crippen LogP contribution in [0, 0.1) is 10.1 Å². The predicted octanol–water partition coefficient (Wildman–Crippen LogP) is 5.37. The second-order valence-corrected chi connectivity index (χ2v) is 5.84.